The molecule has 0 atom stereocenters. The number of para-hydroxylation sites is 5. The van der Waals surface area contributed by atoms with Crippen LogP contribution in [0.15, 0.2) is 121 Å². The first-order chi connectivity index (χ1) is 17.4. The quantitative estimate of drug-likeness (QED) is 0.269. The zero-order valence-corrected chi connectivity index (χ0v) is 18.8. The molecule has 0 aliphatic carbocycles. The first kappa shape index (κ1) is 18.6. The average Bonchev–Trinajstić information content (AvgIpc) is 3.56. The Balaban J connectivity index is 1.62. The maximum absolute atomic E-state index is 5.34. The molecule has 0 saturated heterocycles. The molecule has 3 aromatic heterocycles. The Morgan fingerprint density at radius 1 is 0.429 bits per heavy atom. The lowest BCUT2D eigenvalue weighted by Crippen LogP contribution is -1.95. The minimum atomic E-state index is 0.921. The van der Waals surface area contributed by atoms with Gasteiger partial charge in [0.05, 0.1) is 27.6 Å². The smallest absolute Gasteiger partial charge is 0.220 e. The highest BCUT2D eigenvalue weighted by molar-refractivity contribution is 6.18. The number of nitrogens with zero attached hydrogens (tertiary/aromatic N) is 4. The molecule has 0 bridgehead atoms. The number of hydrogen-bond donors (Lipinski definition) is 0. The van der Waals surface area contributed by atoms with E-state index in [-0.39, 0.29) is 0 Å². The van der Waals surface area contributed by atoms with Crippen LogP contribution in [0.25, 0.3) is 61.0 Å². The van der Waals surface area contributed by atoms with Crippen molar-refractivity contribution in [1.82, 2.24) is 18.5 Å². The lowest BCUT2D eigenvalue weighted by molar-refractivity contribution is 1.11. The molecule has 8 rings (SSSR count). The standard InChI is InChI=1S/C31H20N4/c1-3-11-21(12-4-1)33-25-16-8-7-15-23(25)24-19-20-28-29(30(24)33)32-31-34(22-13-5-2-6-14-22)26-17-9-10-18-27(26)35(28)31/h1-20H. The number of aromatic nitrogens is 4. The third kappa shape index (κ3) is 2.43. The molecular formula is C31H20N4. The van der Waals surface area contributed by atoms with Gasteiger partial charge in [0.2, 0.25) is 5.78 Å². The summed E-state index contributed by atoms with van der Waals surface area (Å²) in [7, 11) is 0. The van der Waals surface area contributed by atoms with E-state index in [0.717, 1.165) is 44.7 Å². The number of rotatable bonds is 2. The Labute approximate surface area is 200 Å². The van der Waals surface area contributed by atoms with E-state index < -0.39 is 0 Å². The van der Waals surface area contributed by atoms with Gasteiger partial charge < -0.3 is 4.57 Å². The minimum Gasteiger partial charge on any atom is -0.307 e. The van der Waals surface area contributed by atoms with Crippen LogP contribution >= 0.6 is 0 Å². The molecule has 0 radical (unpaired) electrons. The van der Waals surface area contributed by atoms with Gasteiger partial charge >= 0.3 is 0 Å². The third-order valence-corrected chi connectivity index (χ3v) is 7.03. The Morgan fingerprint density at radius 3 is 1.77 bits per heavy atom. The summed E-state index contributed by atoms with van der Waals surface area (Å²) in [5.41, 5.74) is 8.99. The number of fused-ring (bicyclic) bond motifs is 9. The van der Waals surface area contributed by atoms with Crippen LogP contribution in [0.5, 0.6) is 0 Å². The summed E-state index contributed by atoms with van der Waals surface area (Å²) >= 11 is 0. The molecule has 0 unspecified atom stereocenters. The van der Waals surface area contributed by atoms with E-state index in [9.17, 15) is 0 Å². The maximum Gasteiger partial charge on any atom is 0.220 e. The summed E-state index contributed by atoms with van der Waals surface area (Å²) in [5, 5.41) is 2.45. The predicted molar refractivity (Wildman–Crippen MR) is 144 cm³/mol. The molecule has 4 nitrogen and oxygen atoms in total. The highest BCUT2D eigenvalue weighted by atomic mass is 15.2. The van der Waals surface area contributed by atoms with E-state index in [1.807, 2.05) is 0 Å². The summed E-state index contributed by atoms with van der Waals surface area (Å²) in [5.74, 6) is 0.921. The zero-order chi connectivity index (χ0) is 22.9. The second kappa shape index (κ2) is 6.84. The SMILES string of the molecule is c1ccc(-n2c3ccccc3c3ccc4c(nc5n(-c6ccccc6)c6ccccc6n45)c32)cc1. The molecule has 8 aromatic rings. The first-order valence-corrected chi connectivity index (χ1v) is 11.8. The van der Waals surface area contributed by atoms with Crippen LogP contribution in [0.1, 0.15) is 0 Å². The van der Waals surface area contributed by atoms with E-state index in [2.05, 4.69) is 135 Å². The molecule has 4 heteroatoms. The van der Waals surface area contributed by atoms with Crippen molar-refractivity contribution in [3.63, 3.8) is 0 Å². The highest BCUT2D eigenvalue weighted by Crippen LogP contribution is 2.38. The van der Waals surface area contributed by atoms with Crippen molar-refractivity contribution in [2.75, 3.05) is 0 Å². The van der Waals surface area contributed by atoms with Crippen LogP contribution in [-0.4, -0.2) is 18.5 Å². The maximum atomic E-state index is 5.34. The van der Waals surface area contributed by atoms with Gasteiger partial charge in [-0.3, -0.25) is 8.97 Å². The largest absolute Gasteiger partial charge is 0.307 e. The van der Waals surface area contributed by atoms with Gasteiger partial charge in [0.25, 0.3) is 0 Å². The molecule has 164 valence electrons. The lowest BCUT2D eigenvalue weighted by Gasteiger charge is -2.08. The van der Waals surface area contributed by atoms with Crippen LogP contribution in [0.3, 0.4) is 0 Å². The van der Waals surface area contributed by atoms with Crippen molar-refractivity contribution in [3.05, 3.63) is 121 Å². The van der Waals surface area contributed by atoms with Crippen LogP contribution in [0.2, 0.25) is 0 Å². The van der Waals surface area contributed by atoms with E-state index in [4.69, 9.17) is 4.98 Å². The van der Waals surface area contributed by atoms with Crippen LogP contribution < -0.4 is 0 Å². The average molecular weight is 449 g/mol. The topological polar surface area (TPSA) is 27.2 Å². The molecule has 5 aromatic carbocycles. The normalized spacial score (nSPS) is 12.0. The molecule has 0 aliphatic heterocycles. The summed E-state index contributed by atoms with van der Waals surface area (Å²) in [6.07, 6.45) is 0. The van der Waals surface area contributed by atoms with Gasteiger partial charge in [-0.1, -0.05) is 66.7 Å². The Hall–Kier alpha value is -4.83. The summed E-state index contributed by atoms with van der Waals surface area (Å²) in [6, 6.07) is 42.7. The summed E-state index contributed by atoms with van der Waals surface area (Å²) < 4.78 is 6.91. The molecule has 0 aliphatic rings. The molecule has 0 saturated carbocycles. The van der Waals surface area contributed by atoms with Gasteiger partial charge in [0.1, 0.15) is 5.52 Å². The summed E-state index contributed by atoms with van der Waals surface area (Å²) in [4.78, 5) is 5.34. The van der Waals surface area contributed by atoms with E-state index in [1.54, 1.807) is 0 Å². The fraction of sp³-hybridized carbons (Fsp3) is 0. The minimum absolute atomic E-state index is 0.921. The molecule has 0 N–H and O–H groups in total. The monoisotopic (exact) mass is 448 g/mol. The molecule has 3 heterocycles. The highest BCUT2D eigenvalue weighted by Gasteiger charge is 2.21. The zero-order valence-electron chi connectivity index (χ0n) is 18.8. The third-order valence-electron chi connectivity index (χ3n) is 7.03. The number of hydrogen-bond acceptors (Lipinski definition) is 1. The van der Waals surface area contributed by atoms with Crippen molar-refractivity contribution in [2.45, 2.75) is 0 Å². The van der Waals surface area contributed by atoms with Gasteiger partial charge in [0.15, 0.2) is 0 Å². The Morgan fingerprint density at radius 2 is 1.03 bits per heavy atom. The summed E-state index contributed by atoms with van der Waals surface area (Å²) in [6.45, 7) is 0. The van der Waals surface area contributed by atoms with Gasteiger partial charge in [-0.25, -0.2) is 4.98 Å². The fourth-order valence-corrected chi connectivity index (χ4v) is 5.59. The van der Waals surface area contributed by atoms with Crippen molar-refractivity contribution in [2.24, 2.45) is 0 Å². The van der Waals surface area contributed by atoms with E-state index >= 15 is 0 Å². The van der Waals surface area contributed by atoms with E-state index in [1.165, 1.54) is 16.3 Å². The molecule has 0 spiro atoms. The second-order valence-electron chi connectivity index (χ2n) is 8.92. The van der Waals surface area contributed by atoms with Crippen molar-refractivity contribution in [1.29, 1.82) is 0 Å². The van der Waals surface area contributed by atoms with Gasteiger partial charge in [-0.05, 0) is 54.6 Å². The van der Waals surface area contributed by atoms with Crippen molar-refractivity contribution >= 4 is 49.7 Å². The van der Waals surface area contributed by atoms with Crippen LogP contribution in [0.4, 0.5) is 0 Å². The van der Waals surface area contributed by atoms with Crippen LogP contribution in [-0.2, 0) is 0 Å². The Bertz CT molecular complexity index is 2040. The second-order valence-corrected chi connectivity index (χ2v) is 8.92. The van der Waals surface area contributed by atoms with E-state index in [0.29, 0.717) is 0 Å². The van der Waals surface area contributed by atoms with Gasteiger partial charge in [0, 0.05) is 22.1 Å². The predicted octanol–water partition coefficient (Wildman–Crippen LogP) is 7.53. The Kier molecular flexibility index (Phi) is 3.63. The molecule has 0 amide bonds. The lowest BCUT2D eigenvalue weighted by atomic mass is 10.1. The number of imidazole rings is 2. The van der Waals surface area contributed by atoms with Crippen LogP contribution in [0, 0.1) is 0 Å². The van der Waals surface area contributed by atoms with Gasteiger partial charge in [-0.2, -0.15) is 0 Å². The fourth-order valence-electron chi connectivity index (χ4n) is 5.59. The first-order valence-electron chi connectivity index (χ1n) is 11.8. The van der Waals surface area contributed by atoms with Crippen molar-refractivity contribution in [3.8, 4) is 11.4 Å². The number of benzene rings is 5. The van der Waals surface area contributed by atoms with Gasteiger partial charge in [-0.15, -0.1) is 0 Å². The molecular weight excluding hydrogens is 428 g/mol. The molecule has 35 heavy (non-hydrogen) atoms. The van der Waals surface area contributed by atoms with Crippen molar-refractivity contribution < 1.29 is 0 Å². The molecule has 0 fully saturated rings.